The molecule has 2 N–H and O–H groups in total. The molecule has 0 saturated heterocycles. The van der Waals surface area contributed by atoms with Gasteiger partial charge in [-0.05, 0) is 6.07 Å². The molecule has 2 aromatic heterocycles. The molecule has 0 fully saturated rings. The highest BCUT2D eigenvalue weighted by atomic mass is 16.5. The van der Waals surface area contributed by atoms with E-state index in [9.17, 15) is 4.79 Å². The van der Waals surface area contributed by atoms with Crippen molar-refractivity contribution in [1.82, 2.24) is 20.4 Å². The van der Waals surface area contributed by atoms with Crippen molar-refractivity contribution in [1.29, 1.82) is 0 Å². The molecule has 0 unspecified atom stereocenters. The molecule has 7 heteroatoms. The summed E-state index contributed by atoms with van der Waals surface area (Å²) in [4.78, 5) is 14.6. The molecule has 0 saturated carbocycles. The van der Waals surface area contributed by atoms with Crippen molar-refractivity contribution in [3.63, 3.8) is 0 Å². The molecule has 2 aromatic rings. The van der Waals surface area contributed by atoms with E-state index in [0.717, 1.165) is 0 Å². The molecule has 0 aliphatic heterocycles. The van der Waals surface area contributed by atoms with Crippen LogP contribution in [0.4, 0.5) is 0 Å². The predicted octanol–water partition coefficient (Wildman–Crippen LogP) is 0.671. The predicted molar refractivity (Wildman–Crippen MR) is 55.6 cm³/mol. The van der Waals surface area contributed by atoms with Crippen LogP contribution in [0.25, 0.3) is 0 Å². The fourth-order valence-corrected chi connectivity index (χ4v) is 1.10. The van der Waals surface area contributed by atoms with Crippen LogP contribution in [0.5, 0.6) is 11.6 Å². The van der Waals surface area contributed by atoms with Gasteiger partial charge >= 0.3 is 5.97 Å². The van der Waals surface area contributed by atoms with Gasteiger partial charge < -0.3 is 9.84 Å². The zero-order valence-corrected chi connectivity index (χ0v) is 8.41. The molecule has 2 rings (SSSR count). The topological polar surface area (TPSA) is 101 Å². The summed E-state index contributed by atoms with van der Waals surface area (Å²) in [6.45, 7) is 0. The number of aromatic carboxylic acids is 1. The SMILES string of the molecule is C#Cc1cncc(Oc2[nH]nnc2C(=O)O)c1. The second-order valence-electron chi connectivity index (χ2n) is 2.95. The molecule has 84 valence electrons. The third kappa shape index (κ3) is 2.21. The lowest BCUT2D eigenvalue weighted by atomic mass is 10.3. The van der Waals surface area contributed by atoms with Crippen LogP contribution in [0.15, 0.2) is 18.5 Å². The van der Waals surface area contributed by atoms with E-state index in [4.69, 9.17) is 16.3 Å². The average molecular weight is 230 g/mol. The lowest BCUT2D eigenvalue weighted by Crippen LogP contribution is -1.99. The highest BCUT2D eigenvalue weighted by molar-refractivity contribution is 5.87. The van der Waals surface area contributed by atoms with Crippen LogP contribution in [-0.4, -0.2) is 31.5 Å². The molecule has 2 heterocycles. The van der Waals surface area contributed by atoms with Gasteiger partial charge in [0, 0.05) is 11.8 Å². The molecule has 0 amide bonds. The Labute approximate surface area is 95.5 Å². The van der Waals surface area contributed by atoms with E-state index in [1.54, 1.807) is 6.07 Å². The molecular weight excluding hydrogens is 224 g/mol. The minimum atomic E-state index is -1.24. The van der Waals surface area contributed by atoms with E-state index < -0.39 is 5.97 Å². The average Bonchev–Trinajstić information content (AvgIpc) is 2.77. The van der Waals surface area contributed by atoms with Gasteiger partial charge in [0.25, 0.3) is 5.88 Å². The highest BCUT2D eigenvalue weighted by Crippen LogP contribution is 2.21. The number of ether oxygens (including phenoxy) is 1. The summed E-state index contributed by atoms with van der Waals surface area (Å²) in [6, 6.07) is 1.54. The molecule has 0 aliphatic carbocycles. The van der Waals surface area contributed by atoms with E-state index in [0.29, 0.717) is 11.3 Å². The Hall–Kier alpha value is -2.88. The molecular formula is C10H6N4O3. The lowest BCUT2D eigenvalue weighted by molar-refractivity contribution is 0.0687. The van der Waals surface area contributed by atoms with Crippen LogP contribution in [-0.2, 0) is 0 Å². The molecule has 0 aromatic carbocycles. The smallest absolute Gasteiger partial charge is 0.362 e. The third-order valence-corrected chi connectivity index (χ3v) is 1.82. The minimum absolute atomic E-state index is 0.0755. The number of H-pyrrole nitrogens is 1. The maximum atomic E-state index is 10.7. The van der Waals surface area contributed by atoms with Crippen LogP contribution >= 0.6 is 0 Å². The van der Waals surface area contributed by atoms with E-state index in [1.165, 1.54) is 12.4 Å². The standard InChI is InChI=1S/C10H6N4O3/c1-2-6-3-7(5-11-4-6)17-9-8(10(15)16)12-14-13-9/h1,3-5H,(H,15,16)(H,12,13,14). The first kappa shape index (κ1) is 10.6. The Morgan fingerprint density at radius 3 is 3.06 bits per heavy atom. The number of rotatable bonds is 3. The van der Waals surface area contributed by atoms with Gasteiger partial charge in [-0.3, -0.25) is 4.98 Å². The molecule has 0 atom stereocenters. The monoisotopic (exact) mass is 230 g/mol. The van der Waals surface area contributed by atoms with Crippen LogP contribution in [0.1, 0.15) is 16.1 Å². The zero-order valence-electron chi connectivity index (χ0n) is 8.41. The van der Waals surface area contributed by atoms with Crippen LogP contribution < -0.4 is 4.74 Å². The maximum absolute atomic E-state index is 10.7. The zero-order chi connectivity index (χ0) is 12.3. The van der Waals surface area contributed by atoms with E-state index in [1.807, 2.05) is 0 Å². The normalized spacial score (nSPS) is 9.59. The number of aromatic amines is 1. The number of hydrogen-bond donors (Lipinski definition) is 2. The molecule has 0 bridgehead atoms. The molecule has 17 heavy (non-hydrogen) atoms. The first-order chi connectivity index (χ1) is 8.20. The van der Waals surface area contributed by atoms with Crippen molar-refractivity contribution < 1.29 is 14.6 Å². The van der Waals surface area contributed by atoms with Gasteiger partial charge in [0.1, 0.15) is 5.75 Å². The van der Waals surface area contributed by atoms with Crippen LogP contribution in [0.3, 0.4) is 0 Å². The number of nitrogens with one attached hydrogen (secondary N) is 1. The summed E-state index contributed by atoms with van der Waals surface area (Å²) < 4.78 is 5.23. The van der Waals surface area contributed by atoms with Gasteiger partial charge in [0.2, 0.25) is 5.69 Å². The van der Waals surface area contributed by atoms with Crippen molar-refractivity contribution in [3.05, 3.63) is 29.7 Å². The molecule has 7 nitrogen and oxygen atoms in total. The summed E-state index contributed by atoms with van der Waals surface area (Å²) in [5, 5.41) is 17.8. The summed E-state index contributed by atoms with van der Waals surface area (Å²) in [5.74, 6) is 1.37. The van der Waals surface area contributed by atoms with Gasteiger partial charge in [-0.2, -0.15) is 0 Å². The summed E-state index contributed by atoms with van der Waals surface area (Å²) in [6.07, 6.45) is 8.08. The summed E-state index contributed by atoms with van der Waals surface area (Å²) in [7, 11) is 0. The van der Waals surface area contributed by atoms with Gasteiger partial charge in [-0.25, -0.2) is 9.89 Å². The first-order valence-electron chi connectivity index (χ1n) is 4.44. The fourth-order valence-electron chi connectivity index (χ4n) is 1.10. The number of aromatic nitrogens is 4. The lowest BCUT2D eigenvalue weighted by Gasteiger charge is -2.02. The second-order valence-corrected chi connectivity index (χ2v) is 2.95. The van der Waals surface area contributed by atoms with Gasteiger partial charge in [-0.15, -0.1) is 11.5 Å². The van der Waals surface area contributed by atoms with E-state index >= 15 is 0 Å². The van der Waals surface area contributed by atoms with Crippen molar-refractivity contribution in [2.24, 2.45) is 0 Å². The minimum Gasteiger partial charge on any atom is -0.476 e. The van der Waals surface area contributed by atoms with Crippen LogP contribution in [0, 0.1) is 12.3 Å². The quantitative estimate of drug-likeness (QED) is 0.751. The van der Waals surface area contributed by atoms with Crippen LogP contribution in [0.2, 0.25) is 0 Å². The molecule has 0 spiro atoms. The van der Waals surface area contributed by atoms with Crippen molar-refractivity contribution >= 4 is 5.97 Å². The van der Waals surface area contributed by atoms with E-state index in [-0.39, 0.29) is 11.6 Å². The number of hydrogen-bond acceptors (Lipinski definition) is 5. The summed E-state index contributed by atoms with van der Waals surface area (Å²) in [5.41, 5.74) is 0.211. The number of carboxylic acids is 1. The van der Waals surface area contributed by atoms with Gasteiger partial charge in [0.05, 0.1) is 6.20 Å². The van der Waals surface area contributed by atoms with Crippen molar-refractivity contribution in [2.45, 2.75) is 0 Å². The summed E-state index contributed by atoms with van der Waals surface area (Å²) >= 11 is 0. The Morgan fingerprint density at radius 2 is 2.35 bits per heavy atom. The van der Waals surface area contributed by atoms with Gasteiger partial charge in [-0.1, -0.05) is 11.1 Å². The second kappa shape index (κ2) is 4.32. The largest absolute Gasteiger partial charge is 0.476 e. The Balaban J connectivity index is 2.29. The molecule has 0 radical (unpaired) electrons. The third-order valence-electron chi connectivity index (χ3n) is 1.82. The van der Waals surface area contributed by atoms with Crippen molar-refractivity contribution in [3.8, 4) is 24.0 Å². The number of terminal acetylenes is 1. The molecule has 0 aliphatic rings. The Kier molecular flexibility index (Phi) is 2.70. The van der Waals surface area contributed by atoms with E-state index in [2.05, 4.69) is 26.3 Å². The maximum Gasteiger partial charge on any atom is 0.362 e. The number of pyridine rings is 1. The first-order valence-corrected chi connectivity index (χ1v) is 4.44. The fraction of sp³-hybridized carbons (Fsp3) is 0. The number of carbonyl (C=O) groups is 1. The number of carboxylic acid groups (broad SMARTS) is 1. The highest BCUT2D eigenvalue weighted by Gasteiger charge is 2.16. The van der Waals surface area contributed by atoms with Crippen molar-refractivity contribution in [2.75, 3.05) is 0 Å². The number of nitrogens with zero attached hydrogens (tertiary/aromatic N) is 3. The Morgan fingerprint density at radius 1 is 1.53 bits per heavy atom. The Bertz CT molecular complexity index is 600. The van der Waals surface area contributed by atoms with Gasteiger partial charge in [0.15, 0.2) is 0 Å².